The molecule has 1 aromatic carbocycles. The van der Waals surface area contributed by atoms with Crippen LogP contribution in [-0.4, -0.2) is 47.0 Å². The predicted molar refractivity (Wildman–Crippen MR) is 105 cm³/mol. The van der Waals surface area contributed by atoms with Gasteiger partial charge in [0.2, 0.25) is 5.91 Å². The van der Waals surface area contributed by atoms with Crippen molar-refractivity contribution in [2.24, 2.45) is 0 Å². The molecule has 5 nitrogen and oxygen atoms in total. The summed E-state index contributed by atoms with van der Waals surface area (Å²) in [4.78, 5) is 19.8. The van der Waals surface area contributed by atoms with Crippen molar-refractivity contribution in [1.29, 1.82) is 0 Å². The summed E-state index contributed by atoms with van der Waals surface area (Å²) in [6.07, 6.45) is 6.71. The van der Waals surface area contributed by atoms with E-state index in [1.165, 1.54) is 5.56 Å². The van der Waals surface area contributed by atoms with E-state index in [-0.39, 0.29) is 5.91 Å². The minimum atomic E-state index is -0.524. The lowest BCUT2D eigenvalue weighted by Crippen LogP contribution is -2.58. The van der Waals surface area contributed by atoms with E-state index in [4.69, 9.17) is 0 Å². The highest BCUT2D eigenvalue weighted by Gasteiger charge is 2.43. The highest BCUT2D eigenvalue weighted by Crippen LogP contribution is 2.30. The van der Waals surface area contributed by atoms with Crippen molar-refractivity contribution in [3.63, 3.8) is 0 Å². The van der Waals surface area contributed by atoms with Gasteiger partial charge in [-0.1, -0.05) is 30.3 Å². The summed E-state index contributed by atoms with van der Waals surface area (Å²) in [5, 5.41) is 9.47. The molecule has 1 aliphatic carbocycles. The summed E-state index contributed by atoms with van der Waals surface area (Å²) in [5.41, 5.74) is 0.848. The number of nitrogens with one attached hydrogen (secondary N) is 2. The molecule has 26 heavy (non-hydrogen) atoms. The summed E-state index contributed by atoms with van der Waals surface area (Å²) in [5.74, 6) is 0.151. The summed E-state index contributed by atoms with van der Waals surface area (Å²) < 4.78 is 0. The maximum absolute atomic E-state index is 13.0. The maximum Gasteiger partial charge on any atom is 0.246 e. The van der Waals surface area contributed by atoms with Crippen LogP contribution in [0.4, 0.5) is 5.13 Å². The van der Waals surface area contributed by atoms with Crippen molar-refractivity contribution in [2.75, 3.05) is 25.0 Å². The molecule has 1 aliphatic heterocycles. The Labute approximate surface area is 158 Å². The van der Waals surface area contributed by atoms with Gasteiger partial charge in [-0.05, 0) is 37.7 Å². The molecule has 1 saturated heterocycles. The van der Waals surface area contributed by atoms with Crippen LogP contribution in [0.3, 0.4) is 0 Å². The molecule has 0 atom stereocenters. The number of carbonyl (C=O) groups excluding carboxylic acids is 1. The minimum Gasteiger partial charge on any atom is -0.351 e. The van der Waals surface area contributed by atoms with Gasteiger partial charge in [-0.3, -0.25) is 4.79 Å². The van der Waals surface area contributed by atoms with Crippen molar-refractivity contribution >= 4 is 22.4 Å². The zero-order valence-electron chi connectivity index (χ0n) is 15.0. The van der Waals surface area contributed by atoms with Crippen LogP contribution in [0.1, 0.15) is 31.2 Å². The van der Waals surface area contributed by atoms with Gasteiger partial charge in [-0.15, -0.1) is 11.3 Å². The summed E-state index contributed by atoms with van der Waals surface area (Å²) in [6, 6.07) is 11.0. The normalized spacial score (nSPS) is 19.8. The number of amides is 1. The monoisotopic (exact) mass is 370 g/mol. The van der Waals surface area contributed by atoms with E-state index in [0.717, 1.165) is 56.9 Å². The van der Waals surface area contributed by atoms with Crippen LogP contribution in [-0.2, 0) is 11.2 Å². The Kier molecular flexibility index (Phi) is 5.22. The molecular formula is C20H26N4OS. The number of piperidine rings is 1. The lowest BCUT2D eigenvalue weighted by molar-refractivity contribution is -0.127. The van der Waals surface area contributed by atoms with E-state index in [1.807, 2.05) is 5.38 Å². The molecule has 1 amide bonds. The second-order valence-electron chi connectivity index (χ2n) is 7.37. The number of hydrogen-bond acceptors (Lipinski definition) is 5. The van der Waals surface area contributed by atoms with Gasteiger partial charge in [-0.2, -0.15) is 0 Å². The number of nitrogens with zero attached hydrogens (tertiary/aromatic N) is 2. The number of hydrogen-bond donors (Lipinski definition) is 2. The molecule has 2 aliphatic rings. The van der Waals surface area contributed by atoms with Gasteiger partial charge in [0.15, 0.2) is 5.13 Å². The first-order valence-corrected chi connectivity index (χ1v) is 10.4. The molecule has 2 aromatic rings. The van der Waals surface area contributed by atoms with Gasteiger partial charge in [0, 0.05) is 37.3 Å². The van der Waals surface area contributed by atoms with Crippen molar-refractivity contribution in [2.45, 2.75) is 43.7 Å². The molecule has 0 spiro atoms. The third-order valence-electron chi connectivity index (χ3n) is 5.39. The summed E-state index contributed by atoms with van der Waals surface area (Å²) >= 11 is 1.56. The Bertz CT molecular complexity index is 707. The molecule has 0 bridgehead atoms. The van der Waals surface area contributed by atoms with E-state index in [0.29, 0.717) is 6.04 Å². The molecule has 1 aromatic heterocycles. The van der Waals surface area contributed by atoms with Gasteiger partial charge >= 0.3 is 0 Å². The molecule has 4 rings (SSSR count). The molecule has 0 unspecified atom stereocenters. The smallest absolute Gasteiger partial charge is 0.246 e. The second kappa shape index (κ2) is 7.76. The molecule has 6 heteroatoms. The van der Waals surface area contributed by atoms with Gasteiger partial charge in [-0.25, -0.2) is 4.98 Å². The first-order chi connectivity index (χ1) is 12.7. The Morgan fingerprint density at radius 3 is 2.65 bits per heavy atom. The lowest BCUT2D eigenvalue weighted by atomic mass is 9.86. The maximum atomic E-state index is 13.0. The van der Waals surface area contributed by atoms with Crippen molar-refractivity contribution in [3.05, 3.63) is 47.5 Å². The molecule has 2 fully saturated rings. The minimum absolute atomic E-state index is 0.151. The average molecular weight is 371 g/mol. The predicted octanol–water partition coefficient (Wildman–Crippen LogP) is 2.91. The van der Waals surface area contributed by atoms with Crippen LogP contribution in [0, 0.1) is 0 Å². The standard InChI is InChI=1S/C20H26N4OS/c25-18(22-17-6-7-17)20(23-19-21-11-15-26-19)9-13-24(14-10-20)12-8-16-4-2-1-3-5-16/h1-5,11,15,17H,6-10,12-14H2,(H,21,23)(H,22,25). The van der Waals surface area contributed by atoms with Gasteiger partial charge in [0.1, 0.15) is 5.54 Å². The van der Waals surface area contributed by atoms with Gasteiger partial charge in [0.25, 0.3) is 0 Å². The van der Waals surface area contributed by atoms with Gasteiger partial charge in [0.05, 0.1) is 0 Å². The Hall–Kier alpha value is -1.92. The zero-order chi connectivity index (χ0) is 17.8. The quantitative estimate of drug-likeness (QED) is 0.787. The van der Waals surface area contributed by atoms with Crippen LogP contribution in [0.5, 0.6) is 0 Å². The number of carbonyl (C=O) groups is 1. The fourth-order valence-electron chi connectivity index (χ4n) is 3.54. The SMILES string of the molecule is O=C(NC1CC1)C1(Nc2nccs2)CCN(CCc2ccccc2)CC1. The number of rotatable bonds is 7. The van der Waals surface area contributed by atoms with Crippen molar-refractivity contribution in [1.82, 2.24) is 15.2 Å². The van der Waals surface area contributed by atoms with E-state index >= 15 is 0 Å². The van der Waals surface area contributed by atoms with E-state index in [1.54, 1.807) is 17.5 Å². The fraction of sp³-hybridized carbons (Fsp3) is 0.500. The van der Waals surface area contributed by atoms with Crippen LogP contribution in [0.15, 0.2) is 41.9 Å². The molecule has 0 radical (unpaired) electrons. The highest BCUT2D eigenvalue weighted by molar-refractivity contribution is 7.13. The largest absolute Gasteiger partial charge is 0.351 e. The van der Waals surface area contributed by atoms with E-state index in [9.17, 15) is 4.79 Å². The first-order valence-electron chi connectivity index (χ1n) is 9.48. The Morgan fingerprint density at radius 2 is 2.00 bits per heavy atom. The third kappa shape index (κ3) is 4.24. The summed E-state index contributed by atoms with van der Waals surface area (Å²) in [7, 11) is 0. The fourth-order valence-corrected chi connectivity index (χ4v) is 4.17. The van der Waals surface area contributed by atoms with E-state index < -0.39 is 5.54 Å². The number of likely N-dealkylation sites (tertiary alicyclic amines) is 1. The number of benzene rings is 1. The highest BCUT2D eigenvalue weighted by atomic mass is 32.1. The Morgan fingerprint density at radius 1 is 1.23 bits per heavy atom. The van der Waals surface area contributed by atoms with Crippen molar-refractivity contribution in [3.8, 4) is 0 Å². The number of anilines is 1. The Balaban J connectivity index is 1.37. The zero-order valence-corrected chi connectivity index (χ0v) is 15.8. The van der Waals surface area contributed by atoms with Crippen molar-refractivity contribution < 1.29 is 4.79 Å². The molecule has 138 valence electrons. The lowest BCUT2D eigenvalue weighted by Gasteiger charge is -2.41. The molecule has 2 N–H and O–H groups in total. The van der Waals surface area contributed by atoms with E-state index in [2.05, 4.69) is 50.8 Å². The van der Waals surface area contributed by atoms with Crippen LogP contribution < -0.4 is 10.6 Å². The summed E-state index contributed by atoms with van der Waals surface area (Å²) in [6.45, 7) is 2.91. The van der Waals surface area contributed by atoms with Crippen LogP contribution >= 0.6 is 11.3 Å². The number of thiazole rings is 1. The van der Waals surface area contributed by atoms with Crippen LogP contribution in [0.2, 0.25) is 0 Å². The molecule has 1 saturated carbocycles. The average Bonchev–Trinajstić information content (AvgIpc) is 3.35. The first kappa shape index (κ1) is 17.5. The topological polar surface area (TPSA) is 57.3 Å². The number of aromatic nitrogens is 1. The third-order valence-corrected chi connectivity index (χ3v) is 6.08. The second-order valence-corrected chi connectivity index (χ2v) is 8.26. The molecular weight excluding hydrogens is 344 g/mol. The van der Waals surface area contributed by atoms with Crippen LogP contribution in [0.25, 0.3) is 0 Å². The molecule has 2 heterocycles. The van der Waals surface area contributed by atoms with Gasteiger partial charge < -0.3 is 15.5 Å².